The van der Waals surface area contributed by atoms with Crippen LogP contribution >= 0.6 is 0 Å². The van der Waals surface area contributed by atoms with Gasteiger partial charge in [-0.3, -0.25) is 4.98 Å². The summed E-state index contributed by atoms with van der Waals surface area (Å²) in [6.45, 7) is 10.7. The first-order valence-electron chi connectivity index (χ1n) is 20.7. The first kappa shape index (κ1) is 43.2. The third kappa shape index (κ3) is 20.0. The average molecular weight is 689 g/mol. The minimum Gasteiger partial charge on any atom is -0.490 e. The van der Waals surface area contributed by atoms with E-state index in [1.165, 1.54) is 135 Å². The molecule has 0 aliphatic heterocycles. The summed E-state index contributed by atoms with van der Waals surface area (Å²) in [4.78, 5) is 4.61. The van der Waals surface area contributed by atoms with E-state index < -0.39 is 0 Å². The molecule has 1 aromatic carbocycles. The summed E-state index contributed by atoms with van der Waals surface area (Å²) in [5, 5.41) is 10.1. The van der Waals surface area contributed by atoms with Gasteiger partial charge in [-0.05, 0) is 62.1 Å². The number of aryl methyl sites for hydroxylation is 1. The van der Waals surface area contributed by atoms with Crippen LogP contribution in [0.25, 0.3) is 11.6 Å². The highest BCUT2D eigenvalue weighted by Gasteiger charge is 2.17. The van der Waals surface area contributed by atoms with Crippen LogP contribution in [0.3, 0.4) is 0 Å². The lowest BCUT2D eigenvalue weighted by atomic mass is 10.1. The maximum atomic E-state index is 10.1. The Balaban J connectivity index is 2.20. The molecule has 280 valence electrons. The average Bonchev–Trinajstić information content (AvgIpc) is 3.12. The van der Waals surface area contributed by atoms with Gasteiger partial charge in [-0.25, -0.2) is 0 Å². The Morgan fingerprint density at radius 2 is 0.980 bits per heavy atom. The molecule has 5 nitrogen and oxygen atoms in total. The summed E-state index contributed by atoms with van der Waals surface area (Å²) in [6.07, 6.45) is 32.0. The van der Waals surface area contributed by atoms with Crippen LogP contribution in [-0.2, 0) is 0 Å². The summed E-state index contributed by atoms with van der Waals surface area (Å²) in [5.74, 6) is 2.12. The zero-order chi connectivity index (χ0) is 35.9. The lowest BCUT2D eigenvalue weighted by molar-refractivity contribution is 0.234. The third-order valence-electron chi connectivity index (χ3n) is 9.39. The van der Waals surface area contributed by atoms with Crippen molar-refractivity contribution in [3.8, 4) is 23.3 Å². The van der Waals surface area contributed by atoms with Gasteiger partial charge in [0.25, 0.3) is 0 Å². The Bertz CT molecular complexity index is 1160. The molecule has 5 heteroatoms. The fourth-order valence-electron chi connectivity index (χ4n) is 6.31. The van der Waals surface area contributed by atoms with E-state index in [0.29, 0.717) is 48.3 Å². The SMILES string of the molecule is CCCCCCCCCCOc1cc(/C=C(\C#N)c2cccc(C)n2)cc(OCCCCCCCCCC)c1OCCCCCCCCCC. The number of hydrogen-bond acceptors (Lipinski definition) is 5. The number of allylic oxidation sites excluding steroid dienone is 1. The van der Waals surface area contributed by atoms with E-state index in [4.69, 9.17) is 14.2 Å². The largest absolute Gasteiger partial charge is 0.490 e. The highest BCUT2D eigenvalue weighted by atomic mass is 16.5. The number of benzene rings is 1. The molecule has 0 aliphatic carbocycles. The number of hydrogen-bond donors (Lipinski definition) is 0. The Morgan fingerprint density at radius 3 is 1.38 bits per heavy atom. The number of unbranched alkanes of at least 4 members (excludes halogenated alkanes) is 21. The van der Waals surface area contributed by atoms with Crippen LogP contribution in [0.5, 0.6) is 17.2 Å². The van der Waals surface area contributed by atoms with Gasteiger partial charge in [0, 0.05) is 5.69 Å². The number of rotatable bonds is 32. The van der Waals surface area contributed by atoms with Gasteiger partial charge >= 0.3 is 0 Å². The summed E-state index contributed by atoms with van der Waals surface area (Å²) in [6, 6.07) is 12.2. The Hall–Kier alpha value is -3.00. The van der Waals surface area contributed by atoms with Crippen LogP contribution in [-0.4, -0.2) is 24.8 Å². The molecule has 0 saturated carbocycles. The van der Waals surface area contributed by atoms with E-state index in [1.54, 1.807) is 0 Å². The second-order valence-corrected chi connectivity index (χ2v) is 14.2. The quantitative estimate of drug-likeness (QED) is 0.0565. The number of pyridine rings is 1. The molecule has 0 bridgehead atoms. The maximum absolute atomic E-state index is 10.1. The molecule has 0 saturated heterocycles. The molecular weight excluding hydrogens is 617 g/mol. The van der Waals surface area contributed by atoms with Gasteiger partial charge in [-0.1, -0.05) is 162 Å². The van der Waals surface area contributed by atoms with Gasteiger partial charge in [-0.15, -0.1) is 0 Å². The molecule has 0 atom stereocenters. The minimum atomic E-state index is 0.518. The van der Waals surface area contributed by atoms with E-state index in [1.807, 2.05) is 43.3 Å². The van der Waals surface area contributed by atoms with Crippen molar-refractivity contribution in [2.24, 2.45) is 0 Å². The Morgan fingerprint density at radius 1 is 0.580 bits per heavy atom. The molecule has 0 aliphatic rings. The van der Waals surface area contributed by atoms with Crippen molar-refractivity contribution in [1.82, 2.24) is 4.98 Å². The zero-order valence-electron chi connectivity index (χ0n) is 32.7. The van der Waals surface area contributed by atoms with Crippen LogP contribution in [0, 0.1) is 18.3 Å². The standard InChI is InChI=1S/C45H72N2O3/c1-5-8-11-14-17-20-23-26-32-48-43-36-40(35-41(38-46)42-31-29-30-39(4)47-42)37-44(49-33-27-24-21-18-15-12-9-6-2)45(43)50-34-28-25-22-19-16-13-10-7-3/h29-31,35-37H,5-28,32-34H2,1-4H3/b41-35+. The molecule has 0 radical (unpaired) electrons. The van der Waals surface area contributed by atoms with Gasteiger partial charge in [0.15, 0.2) is 11.5 Å². The van der Waals surface area contributed by atoms with Crippen molar-refractivity contribution >= 4 is 11.6 Å². The monoisotopic (exact) mass is 689 g/mol. The summed E-state index contributed by atoms with van der Waals surface area (Å²) >= 11 is 0. The summed E-state index contributed by atoms with van der Waals surface area (Å²) < 4.78 is 19.5. The molecule has 1 heterocycles. The van der Waals surface area contributed by atoms with Gasteiger partial charge < -0.3 is 14.2 Å². The fourth-order valence-corrected chi connectivity index (χ4v) is 6.31. The van der Waals surface area contributed by atoms with Crippen LogP contribution in [0.15, 0.2) is 30.3 Å². The zero-order valence-corrected chi connectivity index (χ0v) is 32.7. The fraction of sp³-hybridized carbons (Fsp3) is 0.689. The molecule has 0 fully saturated rings. The third-order valence-corrected chi connectivity index (χ3v) is 9.39. The number of nitriles is 1. The highest BCUT2D eigenvalue weighted by molar-refractivity contribution is 5.89. The second-order valence-electron chi connectivity index (χ2n) is 14.2. The number of aromatic nitrogens is 1. The summed E-state index contributed by atoms with van der Waals surface area (Å²) in [5.41, 5.74) is 2.94. The van der Waals surface area contributed by atoms with Gasteiger partial charge in [0.2, 0.25) is 5.75 Å². The molecule has 1 aromatic heterocycles. The molecule has 0 unspecified atom stereocenters. The van der Waals surface area contributed by atoms with Crippen molar-refractivity contribution in [3.05, 3.63) is 47.3 Å². The maximum Gasteiger partial charge on any atom is 0.203 e. The molecule has 0 N–H and O–H groups in total. The first-order valence-corrected chi connectivity index (χ1v) is 20.7. The van der Waals surface area contributed by atoms with E-state index in [2.05, 4.69) is 31.8 Å². The van der Waals surface area contributed by atoms with Crippen molar-refractivity contribution in [1.29, 1.82) is 5.26 Å². The molecular formula is C45H72N2O3. The lowest BCUT2D eigenvalue weighted by Gasteiger charge is -2.18. The number of nitrogens with zero attached hydrogens (tertiary/aromatic N) is 2. The van der Waals surface area contributed by atoms with Gasteiger partial charge in [0.1, 0.15) is 6.07 Å². The van der Waals surface area contributed by atoms with Crippen molar-refractivity contribution < 1.29 is 14.2 Å². The summed E-state index contributed by atoms with van der Waals surface area (Å²) in [7, 11) is 0. The lowest BCUT2D eigenvalue weighted by Crippen LogP contribution is -2.07. The van der Waals surface area contributed by atoms with Crippen molar-refractivity contribution in [2.45, 2.75) is 182 Å². The van der Waals surface area contributed by atoms with Crippen LogP contribution in [0.4, 0.5) is 0 Å². The molecule has 0 amide bonds. The number of ether oxygens (including phenoxy) is 3. The van der Waals surface area contributed by atoms with Gasteiger partial charge in [0.05, 0.1) is 31.1 Å². The second kappa shape index (κ2) is 29.7. The van der Waals surface area contributed by atoms with Crippen LogP contribution < -0.4 is 14.2 Å². The van der Waals surface area contributed by atoms with Crippen molar-refractivity contribution in [3.63, 3.8) is 0 Å². The van der Waals surface area contributed by atoms with Crippen molar-refractivity contribution in [2.75, 3.05) is 19.8 Å². The minimum absolute atomic E-state index is 0.518. The van der Waals surface area contributed by atoms with Crippen LogP contribution in [0.1, 0.15) is 192 Å². The van der Waals surface area contributed by atoms with Gasteiger partial charge in [-0.2, -0.15) is 5.26 Å². The Kier molecular flexibility index (Phi) is 25.6. The molecule has 0 spiro atoms. The van der Waals surface area contributed by atoms with Crippen LogP contribution in [0.2, 0.25) is 0 Å². The predicted octanol–water partition coefficient (Wildman–Crippen LogP) is 14.0. The topological polar surface area (TPSA) is 64.4 Å². The molecule has 2 rings (SSSR count). The normalized spacial score (nSPS) is 11.5. The Labute approximate surface area is 307 Å². The van der Waals surface area contributed by atoms with E-state index in [0.717, 1.165) is 30.5 Å². The van der Waals surface area contributed by atoms with E-state index in [9.17, 15) is 5.26 Å². The molecule has 2 aromatic rings. The predicted molar refractivity (Wildman–Crippen MR) is 213 cm³/mol. The van der Waals surface area contributed by atoms with E-state index in [-0.39, 0.29) is 0 Å². The smallest absolute Gasteiger partial charge is 0.203 e. The highest BCUT2D eigenvalue weighted by Crippen LogP contribution is 2.40. The van der Waals surface area contributed by atoms with E-state index >= 15 is 0 Å². The first-order chi connectivity index (χ1) is 24.6. The molecule has 50 heavy (non-hydrogen) atoms.